The molecule has 0 saturated heterocycles. The third-order valence-electron chi connectivity index (χ3n) is 4.05. The molecule has 1 heterocycles. The van der Waals surface area contributed by atoms with Crippen LogP contribution < -0.4 is 10.6 Å². The maximum absolute atomic E-state index is 13.1. The Bertz CT molecular complexity index is 965. The van der Waals surface area contributed by atoms with Crippen molar-refractivity contribution in [2.75, 3.05) is 10.6 Å². The van der Waals surface area contributed by atoms with Gasteiger partial charge in [-0.15, -0.1) is 11.3 Å². The fraction of sp³-hybridized carbons (Fsp3) is 0.200. The van der Waals surface area contributed by atoms with Gasteiger partial charge in [0.25, 0.3) is 5.91 Å². The van der Waals surface area contributed by atoms with Gasteiger partial charge in [-0.05, 0) is 35.7 Å². The topological polar surface area (TPSA) is 54.0 Å². The third kappa shape index (κ3) is 4.69. The van der Waals surface area contributed by atoms with Gasteiger partial charge in [0.1, 0.15) is 5.69 Å². The molecule has 0 atom stereocenters. The fourth-order valence-corrected chi connectivity index (χ4v) is 3.24. The summed E-state index contributed by atoms with van der Waals surface area (Å²) in [5.41, 5.74) is 1.01. The number of thiazole rings is 1. The molecule has 0 saturated carbocycles. The van der Waals surface area contributed by atoms with Crippen molar-refractivity contribution in [3.63, 3.8) is 0 Å². The lowest BCUT2D eigenvalue weighted by atomic mass is 10.0. The smallest absolute Gasteiger partial charge is 0.331 e. The Labute approximate surface area is 164 Å². The van der Waals surface area contributed by atoms with Crippen molar-refractivity contribution in [1.29, 1.82) is 0 Å². The van der Waals surface area contributed by atoms with E-state index in [2.05, 4.69) is 29.5 Å². The zero-order valence-electron chi connectivity index (χ0n) is 15.2. The van der Waals surface area contributed by atoms with E-state index in [-0.39, 0.29) is 16.5 Å². The highest BCUT2D eigenvalue weighted by Crippen LogP contribution is 2.36. The first-order chi connectivity index (χ1) is 13.2. The van der Waals surface area contributed by atoms with E-state index < -0.39 is 17.6 Å². The van der Waals surface area contributed by atoms with Gasteiger partial charge in [-0.2, -0.15) is 13.2 Å². The average Bonchev–Trinajstić information content (AvgIpc) is 3.10. The van der Waals surface area contributed by atoms with Crippen LogP contribution in [0.5, 0.6) is 0 Å². The Morgan fingerprint density at radius 2 is 1.75 bits per heavy atom. The van der Waals surface area contributed by atoms with Crippen LogP contribution in [0.4, 0.5) is 29.7 Å². The van der Waals surface area contributed by atoms with Crippen molar-refractivity contribution in [2.24, 2.45) is 0 Å². The number of amides is 1. The molecule has 8 heteroatoms. The SMILES string of the molecule is CC(C)c1ccc(NC(=O)c2csc(Nc3ccccc3C(F)(F)F)n2)cc1. The molecule has 2 N–H and O–H groups in total. The summed E-state index contributed by atoms with van der Waals surface area (Å²) in [6.07, 6.45) is -4.48. The lowest BCUT2D eigenvalue weighted by molar-refractivity contribution is -0.136. The lowest BCUT2D eigenvalue weighted by Gasteiger charge is -2.12. The van der Waals surface area contributed by atoms with E-state index in [0.29, 0.717) is 11.6 Å². The number of alkyl halides is 3. The highest BCUT2D eigenvalue weighted by molar-refractivity contribution is 7.14. The Kier molecular flexibility index (Phi) is 5.69. The van der Waals surface area contributed by atoms with Crippen LogP contribution in [0.1, 0.15) is 41.4 Å². The van der Waals surface area contributed by atoms with E-state index >= 15 is 0 Å². The van der Waals surface area contributed by atoms with Gasteiger partial charge in [-0.25, -0.2) is 4.98 Å². The minimum atomic E-state index is -4.48. The van der Waals surface area contributed by atoms with Crippen LogP contribution in [0.15, 0.2) is 53.9 Å². The van der Waals surface area contributed by atoms with Gasteiger partial charge in [0.15, 0.2) is 5.13 Å². The molecule has 1 aromatic heterocycles. The third-order valence-corrected chi connectivity index (χ3v) is 4.80. The molecule has 0 spiro atoms. The predicted molar refractivity (Wildman–Crippen MR) is 105 cm³/mol. The molecule has 4 nitrogen and oxygen atoms in total. The number of halogens is 3. The van der Waals surface area contributed by atoms with E-state index in [4.69, 9.17) is 0 Å². The van der Waals surface area contributed by atoms with Crippen LogP contribution in [0, 0.1) is 0 Å². The second-order valence-corrected chi connectivity index (χ2v) is 7.30. The maximum Gasteiger partial charge on any atom is 0.418 e. The van der Waals surface area contributed by atoms with Crippen LogP contribution in [0.2, 0.25) is 0 Å². The Hall–Kier alpha value is -2.87. The summed E-state index contributed by atoms with van der Waals surface area (Å²) in [5, 5.41) is 7.08. The number of benzene rings is 2. The largest absolute Gasteiger partial charge is 0.418 e. The summed E-state index contributed by atoms with van der Waals surface area (Å²) in [6, 6.07) is 12.6. The maximum atomic E-state index is 13.1. The van der Waals surface area contributed by atoms with Crippen LogP contribution >= 0.6 is 11.3 Å². The molecule has 3 rings (SSSR count). The molecule has 2 aromatic carbocycles. The second kappa shape index (κ2) is 8.02. The first-order valence-corrected chi connectivity index (χ1v) is 9.42. The number of rotatable bonds is 5. The molecule has 0 aliphatic rings. The van der Waals surface area contributed by atoms with Crippen molar-refractivity contribution in [1.82, 2.24) is 4.98 Å². The first-order valence-electron chi connectivity index (χ1n) is 8.54. The minimum absolute atomic E-state index is 0.111. The van der Waals surface area contributed by atoms with Crippen molar-refractivity contribution >= 4 is 33.8 Å². The standard InChI is InChI=1S/C20H18F3N3OS/c1-12(2)13-7-9-14(10-8-13)24-18(27)17-11-28-19(26-17)25-16-6-4-3-5-15(16)20(21,22)23/h3-12H,1-2H3,(H,24,27)(H,25,26). The number of aromatic nitrogens is 1. The molecule has 0 bridgehead atoms. The van der Waals surface area contributed by atoms with Crippen LogP contribution in [0.25, 0.3) is 0 Å². The van der Waals surface area contributed by atoms with Gasteiger partial charge in [-0.1, -0.05) is 38.1 Å². The number of carbonyl (C=O) groups is 1. The van der Waals surface area contributed by atoms with Gasteiger partial charge in [0.05, 0.1) is 11.3 Å². The summed E-state index contributed by atoms with van der Waals surface area (Å²) < 4.78 is 39.3. The normalized spacial score (nSPS) is 11.5. The van der Waals surface area contributed by atoms with E-state index in [1.807, 2.05) is 12.1 Å². The Balaban J connectivity index is 1.71. The highest BCUT2D eigenvalue weighted by Gasteiger charge is 2.33. The molecular formula is C20H18F3N3OS. The molecule has 0 radical (unpaired) electrons. The van der Waals surface area contributed by atoms with Crippen LogP contribution in [-0.2, 0) is 6.18 Å². The average molecular weight is 405 g/mol. The predicted octanol–water partition coefficient (Wildman–Crippen LogP) is 6.28. The summed E-state index contributed by atoms with van der Waals surface area (Å²) in [6.45, 7) is 4.16. The van der Waals surface area contributed by atoms with E-state index in [0.717, 1.165) is 23.0 Å². The zero-order chi connectivity index (χ0) is 20.3. The molecule has 146 valence electrons. The summed E-state index contributed by atoms with van der Waals surface area (Å²) >= 11 is 1.06. The van der Waals surface area contributed by atoms with E-state index in [1.165, 1.54) is 23.6 Å². The molecule has 3 aromatic rings. The van der Waals surface area contributed by atoms with Gasteiger partial charge in [0.2, 0.25) is 0 Å². The fourth-order valence-electron chi connectivity index (χ4n) is 2.54. The van der Waals surface area contributed by atoms with E-state index in [9.17, 15) is 18.0 Å². The summed E-state index contributed by atoms with van der Waals surface area (Å²) in [7, 11) is 0. The number of hydrogen-bond donors (Lipinski definition) is 2. The number of nitrogens with one attached hydrogen (secondary N) is 2. The quantitative estimate of drug-likeness (QED) is 0.525. The Morgan fingerprint density at radius 3 is 2.39 bits per heavy atom. The van der Waals surface area contributed by atoms with E-state index in [1.54, 1.807) is 12.1 Å². The number of anilines is 3. The van der Waals surface area contributed by atoms with Crippen molar-refractivity contribution in [2.45, 2.75) is 25.9 Å². The molecule has 0 fully saturated rings. The van der Waals surface area contributed by atoms with Crippen molar-refractivity contribution < 1.29 is 18.0 Å². The zero-order valence-corrected chi connectivity index (χ0v) is 16.0. The number of para-hydroxylation sites is 1. The molecule has 0 aliphatic carbocycles. The van der Waals surface area contributed by atoms with Gasteiger partial charge < -0.3 is 10.6 Å². The minimum Gasteiger partial charge on any atom is -0.331 e. The second-order valence-electron chi connectivity index (χ2n) is 6.44. The van der Waals surface area contributed by atoms with Crippen molar-refractivity contribution in [3.8, 4) is 0 Å². The van der Waals surface area contributed by atoms with Gasteiger partial charge in [-0.3, -0.25) is 4.79 Å². The number of hydrogen-bond acceptors (Lipinski definition) is 4. The molecule has 0 aliphatic heterocycles. The van der Waals surface area contributed by atoms with Crippen LogP contribution in [-0.4, -0.2) is 10.9 Å². The molecular weight excluding hydrogens is 387 g/mol. The van der Waals surface area contributed by atoms with Gasteiger partial charge >= 0.3 is 6.18 Å². The number of carbonyl (C=O) groups excluding carboxylic acids is 1. The highest BCUT2D eigenvalue weighted by atomic mass is 32.1. The lowest BCUT2D eigenvalue weighted by Crippen LogP contribution is -2.12. The monoisotopic (exact) mass is 405 g/mol. The van der Waals surface area contributed by atoms with Crippen LogP contribution in [0.3, 0.4) is 0 Å². The van der Waals surface area contributed by atoms with Gasteiger partial charge in [0, 0.05) is 11.1 Å². The summed E-state index contributed by atoms with van der Waals surface area (Å²) in [4.78, 5) is 16.4. The Morgan fingerprint density at radius 1 is 1.07 bits per heavy atom. The molecule has 1 amide bonds. The van der Waals surface area contributed by atoms with Crippen molar-refractivity contribution in [3.05, 3.63) is 70.7 Å². The first kappa shape index (κ1) is 19.9. The molecule has 28 heavy (non-hydrogen) atoms. The summed E-state index contributed by atoms with van der Waals surface area (Å²) in [5.74, 6) is -0.0396. The number of nitrogens with zero attached hydrogens (tertiary/aromatic N) is 1. The molecule has 0 unspecified atom stereocenters.